The quantitative estimate of drug-likeness (QED) is 0.270. The van der Waals surface area contributed by atoms with Gasteiger partial charge in [-0.1, -0.05) is 66.7 Å². The van der Waals surface area contributed by atoms with Crippen LogP contribution in [0.4, 0.5) is 0 Å². The maximum atomic E-state index is 6.39. The van der Waals surface area contributed by atoms with Crippen molar-refractivity contribution in [2.75, 3.05) is 0 Å². The van der Waals surface area contributed by atoms with E-state index in [1.165, 1.54) is 5.39 Å². The third kappa shape index (κ3) is 2.34. The van der Waals surface area contributed by atoms with E-state index in [9.17, 15) is 0 Å². The molecule has 0 saturated heterocycles. The summed E-state index contributed by atoms with van der Waals surface area (Å²) in [5.41, 5.74) is 5.52. The summed E-state index contributed by atoms with van der Waals surface area (Å²) in [5.74, 6) is 0. The maximum Gasteiger partial charge on any atom is 0.145 e. The van der Waals surface area contributed by atoms with Crippen LogP contribution in [0, 0.1) is 0 Å². The zero-order valence-electron chi connectivity index (χ0n) is 16.5. The van der Waals surface area contributed by atoms with Crippen LogP contribution in [0.25, 0.3) is 65.8 Å². The van der Waals surface area contributed by atoms with Crippen molar-refractivity contribution < 1.29 is 4.42 Å². The molecule has 0 fully saturated rings. The van der Waals surface area contributed by atoms with Crippen molar-refractivity contribution in [2.45, 2.75) is 0 Å². The maximum absolute atomic E-state index is 6.39. The van der Waals surface area contributed by atoms with Gasteiger partial charge in [0.2, 0.25) is 0 Å². The van der Waals surface area contributed by atoms with Crippen molar-refractivity contribution in [1.29, 1.82) is 0 Å². The summed E-state index contributed by atoms with van der Waals surface area (Å²) in [6, 6.07) is 31.3. The van der Waals surface area contributed by atoms with Gasteiger partial charge in [-0.05, 0) is 35.0 Å². The van der Waals surface area contributed by atoms with E-state index in [-0.39, 0.29) is 0 Å². The molecule has 3 aromatic heterocycles. The normalized spacial score (nSPS) is 11.9. The van der Waals surface area contributed by atoms with Gasteiger partial charge in [0, 0.05) is 27.7 Å². The summed E-state index contributed by atoms with van der Waals surface area (Å²) in [6.45, 7) is 0. The summed E-state index contributed by atoms with van der Waals surface area (Å²) in [7, 11) is 0. The van der Waals surface area contributed by atoms with Crippen LogP contribution in [0.5, 0.6) is 0 Å². The van der Waals surface area contributed by atoms with E-state index in [4.69, 9.17) is 9.40 Å². The van der Waals surface area contributed by atoms with E-state index in [1.54, 1.807) is 0 Å². The van der Waals surface area contributed by atoms with Crippen LogP contribution in [-0.4, -0.2) is 9.97 Å². The van der Waals surface area contributed by atoms with E-state index in [1.807, 2.05) is 24.4 Å². The Morgan fingerprint density at radius 3 is 2.26 bits per heavy atom. The predicted molar refractivity (Wildman–Crippen MR) is 127 cm³/mol. The van der Waals surface area contributed by atoms with Gasteiger partial charge in [-0.15, -0.1) is 0 Å². The summed E-state index contributed by atoms with van der Waals surface area (Å²) in [5, 5.41) is 6.71. The Hall–Kier alpha value is -4.24. The number of furan rings is 1. The molecule has 0 atom stereocenters. The Morgan fingerprint density at radius 1 is 0.581 bits per heavy atom. The first kappa shape index (κ1) is 16.5. The highest BCUT2D eigenvalue weighted by atomic mass is 16.3. The number of pyridine rings is 2. The number of rotatable bonds is 1. The van der Waals surface area contributed by atoms with E-state index >= 15 is 0 Å². The van der Waals surface area contributed by atoms with Crippen molar-refractivity contribution in [3.63, 3.8) is 0 Å². The average Bonchev–Trinajstić information content (AvgIpc) is 3.20. The zero-order chi connectivity index (χ0) is 20.4. The van der Waals surface area contributed by atoms with Gasteiger partial charge in [-0.2, -0.15) is 0 Å². The van der Waals surface area contributed by atoms with Gasteiger partial charge in [0.25, 0.3) is 0 Å². The second-order valence-corrected chi connectivity index (χ2v) is 7.86. The molecule has 0 radical (unpaired) electrons. The second-order valence-electron chi connectivity index (χ2n) is 7.86. The molecule has 3 heteroatoms. The van der Waals surface area contributed by atoms with Crippen LogP contribution in [0.2, 0.25) is 0 Å². The lowest BCUT2D eigenvalue weighted by Crippen LogP contribution is -1.90. The molecule has 0 amide bonds. The molecule has 3 heterocycles. The minimum atomic E-state index is 0.875. The van der Waals surface area contributed by atoms with Gasteiger partial charge in [0.05, 0.1) is 22.3 Å². The first-order chi connectivity index (χ1) is 15.4. The summed E-state index contributed by atoms with van der Waals surface area (Å²) >= 11 is 0. The number of fused-ring (bicyclic) bond motifs is 7. The summed E-state index contributed by atoms with van der Waals surface area (Å²) in [6.07, 6.45) is 1.82. The fraction of sp³-hybridized carbons (Fsp3) is 0. The molecule has 0 N–H and O–H groups in total. The van der Waals surface area contributed by atoms with E-state index < -0.39 is 0 Å². The van der Waals surface area contributed by atoms with Crippen LogP contribution in [0.15, 0.2) is 102 Å². The Labute approximate surface area is 177 Å². The molecule has 0 aliphatic carbocycles. The lowest BCUT2D eigenvalue weighted by molar-refractivity contribution is 0.670. The Balaban J connectivity index is 1.66. The van der Waals surface area contributed by atoms with Crippen LogP contribution in [0.3, 0.4) is 0 Å². The molecule has 0 bridgehead atoms. The molecule has 7 rings (SSSR count). The van der Waals surface area contributed by atoms with Gasteiger partial charge in [-0.25, -0.2) is 4.98 Å². The largest absolute Gasteiger partial charge is 0.455 e. The zero-order valence-corrected chi connectivity index (χ0v) is 16.5. The Kier molecular flexibility index (Phi) is 3.27. The van der Waals surface area contributed by atoms with Gasteiger partial charge < -0.3 is 4.42 Å². The van der Waals surface area contributed by atoms with Crippen molar-refractivity contribution >= 4 is 54.5 Å². The number of benzene rings is 4. The van der Waals surface area contributed by atoms with Gasteiger partial charge in [-0.3, -0.25) is 4.98 Å². The van der Waals surface area contributed by atoms with E-state index in [0.29, 0.717) is 0 Å². The standard InChI is InChI=1S/C28H16N2O/c1-2-8-20-19(6-1)16-22-21-9-3-4-10-24(21)31-28(22)25(20)23-14-13-18-12-11-17-7-5-15-29-26(17)27(18)30-23/h1-16H. The van der Waals surface area contributed by atoms with Gasteiger partial charge >= 0.3 is 0 Å². The lowest BCUT2D eigenvalue weighted by atomic mass is 9.97. The second kappa shape index (κ2) is 6.13. The Bertz CT molecular complexity index is 1800. The van der Waals surface area contributed by atoms with E-state index in [2.05, 4.69) is 77.8 Å². The SMILES string of the molecule is c1ccc2c(-c3ccc4ccc5cccnc5c4n3)c3oc4ccccc4c3cc2c1. The van der Waals surface area contributed by atoms with Crippen LogP contribution in [-0.2, 0) is 0 Å². The molecule has 0 spiro atoms. The monoisotopic (exact) mass is 396 g/mol. The molecule has 0 unspecified atom stereocenters. The van der Waals surface area contributed by atoms with Crippen molar-refractivity contribution in [3.05, 3.63) is 97.2 Å². The molecule has 0 saturated carbocycles. The van der Waals surface area contributed by atoms with Gasteiger partial charge in [0.15, 0.2) is 0 Å². The van der Waals surface area contributed by atoms with Crippen molar-refractivity contribution in [1.82, 2.24) is 9.97 Å². The number of nitrogens with zero attached hydrogens (tertiary/aromatic N) is 2. The highest BCUT2D eigenvalue weighted by Crippen LogP contribution is 2.41. The number of hydrogen-bond acceptors (Lipinski definition) is 3. The van der Waals surface area contributed by atoms with Crippen LogP contribution in [0.1, 0.15) is 0 Å². The molecule has 7 aromatic rings. The molecular weight excluding hydrogens is 380 g/mol. The Morgan fingerprint density at radius 2 is 1.32 bits per heavy atom. The van der Waals surface area contributed by atoms with E-state index in [0.717, 1.165) is 60.4 Å². The number of aromatic nitrogens is 2. The smallest absolute Gasteiger partial charge is 0.145 e. The summed E-state index contributed by atoms with van der Waals surface area (Å²) < 4.78 is 6.39. The molecular formula is C28H16N2O. The van der Waals surface area contributed by atoms with Crippen LogP contribution < -0.4 is 0 Å². The molecule has 144 valence electrons. The fourth-order valence-corrected chi connectivity index (χ4v) is 4.64. The minimum absolute atomic E-state index is 0.875. The highest BCUT2D eigenvalue weighted by Gasteiger charge is 2.17. The number of hydrogen-bond donors (Lipinski definition) is 0. The predicted octanol–water partition coefficient (Wildman–Crippen LogP) is 7.50. The van der Waals surface area contributed by atoms with Crippen LogP contribution >= 0.6 is 0 Å². The molecule has 0 aliphatic rings. The first-order valence-electron chi connectivity index (χ1n) is 10.3. The molecule has 31 heavy (non-hydrogen) atoms. The minimum Gasteiger partial charge on any atom is -0.455 e. The first-order valence-corrected chi connectivity index (χ1v) is 10.3. The molecule has 4 aromatic carbocycles. The molecule has 3 nitrogen and oxygen atoms in total. The fourth-order valence-electron chi connectivity index (χ4n) is 4.64. The summed E-state index contributed by atoms with van der Waals surface area (Å²) in [4.78, 5) is 9.74. The van der Waals surface area contributed by atoms with Crippen molar-refractivity contribution in [2.24, 2.45) is 0 Å². The van der Waals surface area contributed by atoms with Gasteiger partial charge in [0.1, 0.15) is 11.2 Å². The third-order valence-corrected chi connectivity index (χ3v) is 6.08. The highest BCUT2D eigenvalue weighted by molar-refractivity contribution is 6.18. The van der Waals surface area contributed by atoms with Crippen molar-refractivity contribution in [3.8, 4) is 11.3 Å². The third-order valence-electron chi connectivity index (χ3n) is 6.08. The topological polar surface area (TPSA) is 38.9 Å². The number of para-hydroxylation sites is 1. The molecule has 0 aliphatic heterocycles. The lowest BCUT2D eigenvalue weighted by Gasteiger charge is -2.10. The average molecular weight is 396 g/mol.